The number of anilines is 1. The van der Waals surface area contributed by atoms with Crippen LogP contribution in [0.15, 0.2) is 48.8 Å². The van der Waals surface area contributed by atoms with E-state index >= 15 is 0 Å². The zero-order chi connectivity index (χ0) is 20.2. The Kier molecular flexibility index (Phi) is 5.97. The summed E-state index contributed by atoms with van der Waals surface area (Å²) in [5.74, 6) is 0.00913. The minimum Gasteiger partial charge on any atom is -0.339 e. The van der Waals surface area contributed by atoms with Crippen molar-refractivity contribution in [3.8, 4) is 0 Å². The van der Waals surface area contributed by atoms with Crippen molar-refractivity contribution in [2.24, 2.45) is 0 Å². The van der Waals surface area contributed by atoms with Crippen LogP contribution in [0.1, 0.15) is 5.56 Å². The van der Waals surface area contributed by atoms with E-state index in [9.17, 15) is 9.59 Å². The molecule has 7 nitrogen and oxygen atoms in total. The van der Waals surface area contributed by atoms with Gasteiger partial charge >= 0.3 is 6.03 Å². The summed E-state index contributed by atoms with van der Waals surface area (Å²) in [4.78, 5) is 37.0. The number of piperazine rings is 1. The summed E-state index contributed by atoms with van der Waals surface area (Å²) >= 11 is 6.04. The maximum atomic E-state index is 12.7. The van der Waals surface area contributed by atoms with E-state index in [1.807, 2.05) is 29.2 Å². The summed E-state index contributed by atoms with van der Waals surface area (Å²) in [7, 11) is 0. The largest absolute Gasteiger partial charge is 0.339 e. The molecule has 29 heavy (non-hydrogen) atoms. The highest BCUT2D eigenvalue weighted by atomic mass is 35.5. The van der Waals surface area contributed by atoms with E-state index in [1.165, 1.54) is 5.56 Å². The fourth-order valence-corrected chi connectivity index (χ4v) is 3.96. The number of urea groups is 1. The molecular weight excluding hydrogens is 390 g/mol. The molecule has 4 rings (SSSR count). The lowest BCUT2D eigenvalue weighted by atomic mass is 10.2. The fraction of sp³-hybridized carbons (Fsp3) is 0.381. The van der Waals surface area contributed by atoms with Gasteiger partial charge < -0.3 is 9.80 Å². The van der Waals surface area contributed by atoms with Gasteiger partial charge in [-0.15, -0.1) is 0 Å². The monoisotopic (exact) mass is 413 g/mol. The number of carbonyl (C=O) groups is 2. The highest BCUT2D eigenvalue weighted by molar-refractivity contribution is 6.30. The normalized spacial score (nSPS) is 17.8. The van der Waals surface area contributed by atoms with Crippen LogP contribution < -0.4 is 4.90 Å². The van der Waals surface area contributed by atoms with Gasteiger partial charge in [0.25, 0.3) is 0 Å². The van der Waals surface area contributed by atoms with Crippen LogP contribution >= 0.6 is 11.6 Å². The van der Waals surface area contributed by atoms with Gasteiger partial charge in [-0.3, -0.25) is 19.6 Å². The number of aromatic nitrogens is 1. The lowest BCUT2D eigenvalue weighted by molar-refractivity contribution is -0.133. The second-order valence-electron chi connectivity index (χ2n) is 7.35. The van der Waals surface area contributed by atoms with Crippen LogP contribution in [0.4, 0.5) is 10.5 Å². The zero-order valence-corrected chi connectivity index (χ0v) is 17.0. The first-order chi connectivity index (χ1) is 14.1. The van der Waals surface area contributed by atoms with Gasteiger partial charge in [-0.1, -0.05) is 17.7 Å². The summed E-state index contributed by atoms with van der Waals surface area (Å²) in [5, 5.41) is 0.592. The molecule has 1 aromatic heterocycles. The average Bonchev–Trinajstić information content (AvgIpc) is 3.09. The zero-order valence-electron chi connectivity index (χ0n) is 16.2. The molecule has 2 aliphatic rings. The van der Waals surface area contributed by atoms with Gasteiger partial charge in [-0.25, -0.2) is 4.79 Å². The minimum atomic E-state index is -0.142. The molecule has 2 fully saturated rings. The summed E-state index contributed by atoms with van der Waals surface area (Å²) in [6.07, 6.45) is 3.60. The summed E-state index contributed by atoms with van der Waals surface area (Å²) in [6, 6.07) is 11.1. The van der Waals surface area contributed by atoms with Gasteiger partial charge in [-0.2, -0.15) is 0 Å². The number of hydrogen-bond acceptors (Lipinski definition) is 4. The summed E-state index contributed by atoms with van der Waals surface area (Å²) < 4.78 is 0. The van der Waals surface area contributed by atoms with Crippen molar-refractivity contribution in [1.82, 2.24) is 19.7 Å². The van der Waals surface area contributed by atoms with E-state index in [2.05, 4.69) is 9.88 Å². The number of rotatable bonds is 5. The van der Waals surface area contributed by atoms with E-state index in [1.54, 1.807) is 34.3 Å². The summed E-state index contributed by atoms with van der Waals surface area (Å²) in [6.45, 7) is 5.12. The van der Waals surface area contributed by atoms with Crippen molar-refractivity contribution in [3.63, 3.8) is 0 Å². The molecule has 0 saturated carbocycles. The maximum absolute atomic E-state index is 12.7. The highest BCUT2D eigenvalue weighted by Gasteiger charge is 2.32. The molecule has 152 valence electrons. The predicted molar refractivity (Wildman–Crippen MR) is 112 cm³/mol. The van der Waals surface area contributed by atoms with Crippen LogP contribution in [-0.4, -0.2) is 77.4 Å². The van der Waals surface area contributed by atoms with Crippen LogP contribution in [0.25, 0.3) is 0 Å². The van der Waals surface area contributed by atoms with Gasteiger partial charge in [0.2, 0.25) is 5.91 Å². The fourth-order valence-electron chi connectivity index (χ4n) is 3.78. The van der Waals surface area contributed by atoms with E-state index in [0.29, 0.717) is 31.2 Å². The average molecular weight is 414 g/mol. The SMILES string of the molecule is O=C(CN1CCN(c2cccc(Cl)c2)C1=O)N1CCN(Cc2ccncc2)CC1. The Hall–Kier alpha value is -2.64. The summed E-state index contributed by atoms with van der Waals surface area (Å²) in [5.41, 5.74) is 1.99. The third-order valence-electron chi connectivity index (χ3n) is 5.42. The third-order valence-corrected chi connectivity index (χ3v) is 5.66. The van der Waals surface area contributed by atoms with E-state index in [-0.39, 0.29) is 18.5 Å². The van der Waals surface area contributed by atoms with Crippen LogP contribution in [0.2, 0.25) is 5.02 Å². The molecule has 0 unspecified atom stereocenters. The number of nitrogens with zero attached hydrogens (tertiary/aromatic N) is 5. The first-order valence-corrected chi connectivity index (χ1v) is 10.2. The van der Waals surface area contributed by atoms with Crippen molar-refractivity contribution in [2.45, 2.75) is 6.54 Å². The molecular formula is C21H24ClN5O2. The first kappa shape index (κ1) is 19.7. The number of amides is 3. The molecule has 0 aliphatic carbocycles. The Morgan fingerprint density at radius 3 is 2.48 bits per heavy atom. The molecule has 2 aliphatic heterocycles. The van der Waals surface area contributed by atoms with Crippen molar-refractivity contribution >= 4 is 29.2 Å². The number of hydrogen-bond donors (Lipinski definition) is 0. The second-order valence-corrected chi connectivity index (χ2v) is 7.78. The molecule has 2 saturated heterocycles. The van der Waals surface area contributed by atoms with Gasteiger partial charge in [0.05, 0.1) is 0 Å². The van der Waals surface area contributed by atoms with Crippen molar-refractivity contribution < 1.29 is 9.59 Å². The maximum Gasteiger partial charge on any atom is 0.325 e. The molecule has 3 heterocycles. The second kappa shape index (κ2) is 8.80. The van der Waals surface area contributed by atoms with Crippen molar-refractivity contribution in [1.29, 1.82) is 0 Å². The van der Waals surface area contributed by atoms with E-state index in [0.717, 1.165) is 25.3 Å². The number of benzene rings is 1. The Morgan fingerprint density at radius 2 is 1.76 bits per heavy atom. The van der Waals surface area contributed by atoms with Gasteiger partial charge in [0.15, 0.2) is 0 Å². The molecule has 0 radical (unpaired) electrons. The first-order valence-electron chi connectivity index (χ1n) is 9.81. The highest BCUT2D eigenvalue weighted by Crippen LogP contribution is 2.23. The molecule has 1 aromatic carbocycles. The Morgan fingerprint density at radius 1 is 1.00 bits per heavy atom. The lowest BCUT2D eigenvalue weighted by Crippen LogP contribution is -2.51. The van der Waals surface area contributed by atoms with Crippen LogP contribution in [0.5, 0.6) is 0 Å². The van der Waals surface area contributed by atoms with Gasteiger partial charge in [0.1, 0.15) is 6.54 Å². The predicted octanol–water partition coefficient (Wildman–Crippen LogP) is 2.32. The number of carbonyl (C=O) groups excluding carboxylic acids is 2. The molecule has 0 bridgehead atoms. The Labute approximate surface area is 175 Å². The Bertz CT molecular complexity index is 870. The molecule has 0 N–H and O–H groups in total. The smallest absolute Gasteiger partial charge is 0.325 e. The van der Waals surface area contributed by atoms with Gasteiger partial charge in [-0.05, 0) is 35.9 Å². The lowest BCUT2D eigenvalue weighted by Gasteiger charge is -2.35. The third kappa shape index (κ3) is 4.68. The minimum absolute atomic E-state index is 0.00913. The van der Waals surface area contributed by atoms with Crippen LogP contribution in [-0.2, 0) is 11.3 Å². The Balaban J connectivity index is 1.27. The quantitative estimate of drug-likeness (QED) is 0.754. The molecule has 3 amide bonds. The molecule has 8 heteroatoms. The van der Waals surface area contributed by atoms with Crippen LogP contribution in [0, 0.1) is 0 Å². The standard InChI is InChI=1S/C21H24ClN5O2/c22-18-2-1-3-19(14-18)27-13-12-26(21(27)29)16-20(28)25-10-8-24(9-11-25)15-17-4-6-23-7-5-17/h1-7,14H,8-13,15-16H2. The van der Waals surface area contributed by atoms with E-state index < -0.39 is 0 Å². The molecule has 0 spiro atoms. The van der Waals surface area contributed by atoms with Crippen molar-refractivity contribution in [2.75, 3.05) is 50.7 Å². The van der Waals surface area contributed by atoms with E-state index in [4.69, 9.17) is 11.6 Å². The molecule has 2 aromatic rings. The topological polar surface area (TPSA) is 60.0 Å². The molecule has 0 atom stereocenters. The van der Waals surface area contributed by atoms with Crippen molar-refractivity contribution in [3.05, 3.63) is 59.4 Å². The van der Waals surface area contributed by atoms with Crippen LogP contribution in [0.3, 0.4) is 0 Å². The number of pyridine rings is 1. The van der Waals surface area contributed by atoms with Gasteiger partial charge in [0, 0.05) is 68.9 Å². The number of halogens is 1.